The molecule has 0 aliphatic heterocycles. The predicted octanol–water partition coefficient (Wildman–Crippen LogP) is 2.03. The van der Waals surface area contributed by atoms with Gasteiger partial charge in [0, 0.05) is 11.3 Å². The largest absolute Gasteiger partial charge is 0.354 e. The van der Waals surface area contributed by atoms with Crippen LogP contribution >= 0.6 is 27.7 Å². The number of rotatable bonds is 4. The Bertz CT molecular complexity index is 159. The third kappa shape index (κ3) is 5.04. The van der Waals surface area contributed by atoms with Crippen LogP contribution in [0.1, 0.15) is 20.8 Å². The lowest BCUT2D eigenvalue weighted by Crippen LogP contribution is -2.38. The van der Waals surface area contributed by atoms with Crippen molar-refractivity contribution in [2.24, 2.45) is 0 Å². The number of thioether (sulfide) groups is 1. The molecule has 0 aromatic rings. The summed E-state index contributed by atoms with van der Waals surface area (Å²) in [6.45, 7) is 6.75. The van der Waals surface area contributed by atoms with Gasteiger partial charge in [-0.25, -0.2) is 0 Å². The van der Waals surface area contributed by atoms with E-state index in [0.717, 1.165) is 0 Å². The summed E-state index contributed by atoms with van der Waals surface area (Å²) >= 11 is 4.96. The van der Waals surface area contributed by atoms with Crippen molar-refractivity contribution < 1.29 is 4.79 Å². The molecule has 0 fully saturated rings. The van der Waals surface area contributed by atoms with E-state index in [1.165, 1.54) is 0 Å². The average molecular weight is 254 g/mol. The molecule has 0 aromatic heterocycles. The standard InChI is InChI=1S/C8H16BrNOS/c1-6(9)7(11)10-5-8(2,3)12-4/h6H,5H2,1-4H3,(H,10,11). The minimum absolute atomic E-state index is 0.0529. The molecule has 0 aliphatic carbocycles. The molecule has 0 aliphatic rings. The topological polar surface area (TPSA) is 29.1 Å². The first-order valence-corrected chi connectivity index (χ1v) is 6.00. The molecule has 1 unspecified atom stereocenters. The summed E-state index contributed by atoms with van der Waals surface area (Å²) in [4.78, 5) is 11.0. The number of hydrogen-bond acceptors (Lipinski definition) is 2. The number of carbonyl (C=O) groups excluding carboxylic acids is 1. The third-order valence-electron chi connectivity index (χ3n) is 1.60. The number of nitrogens with one attached hydrogen (secondary N) is 1. The van der Waals surface area contributed by atoms with Gasteiger partial charge in [-0.05, 0) is 27.0 Å². The maximum Gasteiger partial charge on any atom is 0.233 e. The number of halogens is 1. The van der Waals surface area contributed by atoms with Gasteiger partial charge in [0.1, 0.15) is 0 Å². The van der Waals surface area contributed by atoms with Crippen LogP contribution in [0.3, 0.4) is 0 Å². The van der Waals surface area contributed by atoms with Gasteiger partial charge in [0.2, 0.25) is 5.91 Å². The van der Waals surface area contributed by atoms with Gasteiger partial charge in [-0.3, -0.25) is 4.79 Å². The number of carbonyl (C=O) groups is 1. The smallest absolute Gasteiger partial charge is 0.233 e. The summed E-state index contributed by atoms with van der Waals surface area (Å²) in [5, 5.41) is 2.87. The van der Waals surface area contributed by atoms with E-state index in [-0.39, 0.29) is 15.5 Å². The summed E-state index contributed by atoms with van der Waals surface area (Å²) in [7, 11) is 0. The van der Waals surface area contributed by atoms with E-state index in [2.05, 4.69) is 35.1 Å². The summed E-state index contributed by atoms with van der Waals surface area (Å²) in [6.07, 6.45) is 2.05. The molecule has 0 heterocycles. The third-order valence-corrected chi connectivity index (χ3v) is 3.27. The van der Waals surface area contributed by atoms with Gasteiger partial charge < -0.3 is 5.32 Å². The minimum Gasteiger partial charge on any atom is -0.354 e. The van der Waals surface area contributed by atoms with Crippen LogP contribution in [0.5, 0.6) is 0 Å². The van der Waals surface area contributed by atoms with E-state index in [0.29, 0.717) is 6.54 Å². The Hall–Kier alpha value is 0.300. The molecule has 1 N–H and O–H groups in total. The minimum atomic E-state index is -0.102. The Kier molecular flexibility index (Phi) is 5.25. The second kappa shape index (κ2) is 5.12. The van der Waals surface area contributed by atoms with Gasteiger partial charge >= 0.3 is 0 Å². The fourth-order valence-electron chi connectivity index (χ4n) is 0.513. The molecule has 1 atom stereocenters. The summed E-state index contributed by atoms with van der Waals surface area (Å²) in [5.74, 6) is 0.0529. The summed E-state index contributed by atoms with van der Waals surface area (Å²) in [6, 6.07) is 0. The summed E-state index contributed by atoms with van der Waals surface area (Å²) < 4.78 is 0.123. The van der Waals surface area contributed by atoms with Crippen LogP contribution in [0.25, 0.3) is 0 Å². The zero-order chi connectivity index (χ0) is 9.78. The fourth-order valence-corrected chi connectivity index (χ4v) is 0.891. The van der Waals surface area contributed by atoms with E-state index < -0.39 is 0 Å². The zero-order valence-corrected chi connectivity index (χ0v) is 10.4. The van der Waals surface area contributed by atoms with Crippen molar-refractivity contribution in [3.63, 3.8) is 0 Å². The first-order chi connectivity index (χ1) is 5.39. The maximum atomic E-state index is 11.1. The lowest BCUT2D eigenvalue weighted by Gasteiger charge is -2.22. The van der Waals surface area contributed by atoms with Crippen molar-refractivity contribution in [1.82, 2.24) is 5.32 Å². The van der Waals surface area contributed by atoms with Crippen LogP contribution in [0.15, 0.2) is 0 Å². The molecule has 0 rings (SSSR count). The molecule has 0 spiro atoms. The van der Waals surface area contributed by atoms with E-state index in [9.17, 15) is 4.79 Å². The second-order valence-electron chi connectivity index (χ2n) is 3.30. The first kappa shape index (κ1) is 12.3. The van der Waals surface area contributed by atoms with Crippen molar-refractivity contribution in [2.45, 2.75) is 30.3 Å². The molecular formula is C8H16BrNOS. The fraction of sp³-hybridized carbons (Fsp3) is 0.875. The highest BCUT2D eigenvalue weighted by molar-refractivity contribution is 9.10. The van der Waals surface area contributed by atoms with Crippen molar-refractivity contribution in [1.29, 1.82) is 0 Å². The Morgan fingerprint density at radius 3 is 2.50 bits per heavy atom. The van der Waals surface area contributed by atoms with Crippen LogP contribution in [0.2, 0.25) is 0 Å². The highest BCUT2D eigenvalue weighted by atomic mass is 79.9. The van der Waals surface area contributed by atoms with Gasteiger partial charge in [0.25, 0.3) is 0 Å². The summed E-state index contributed by atoms with van der Waals surface area (Å²) in [5.41, 5.74) is 0. The monoisotopic (exact) mass is 253 g/mol. The predicted molar refractivity (Wildman–Crippen MR) is 59.0 cm³/mol. The maximum absolute atomic E-state index is 11.1. The van der Waals surface area contributed by atoms with E-state index in [4.69, 9.17) is 0 Å². The average Bonchev–Trinajstić information content (AvgIpc) is 2.00. The lowest BCUT2D eigenvalue weighted by atomic mass is 10.2. The lowest BCUT2D eigenvalue weighted by molar-refractivity contribution is -0.120. The van der Waals surface area contributed by atoms with Gasteiger partial charge in [0.15, 0.2) is 0 Å². The van der Waals surface area contributed by atoms with E-state index in [1.54, 1.807) is 11.8 Å². The van der Waals surface area contributed by atoms with Crippen LogP contribution in [-0.4, -0.2) is 28.3 Å². The van der Waals surface area contributed by atoms with Crippen molar-refractivity contribution in [3.8, 4) is 0 Å². The molecule has 0 radical (unpaired) electrons. The normalized spacial score (nSPS) is 14.1. The zero-order valence-electron chi connectivity index (χ0n) is 7.98. The van der Waals surface area contributed by atoms with E-state index in [1.807, 2.05) is 13.2 Å². The number of alkyl halides is 1. The molecule has 72 valence electrons. The highest BCUT2D eigenvalue weighted by Gasteiger charge is 2.18. The van der Waals surface area contributed by atoms with Crippen molar-refractivity contribution >= 4 is 33.6 Å². The number of hydrogen-bond donors (Lipinski definition) is 1. The van der Waals surface area contributed by atoms with Gasteiger partial charge in [-0.1, -0.05) is 15.9 Å². The van der Waals surface area contributed by atoms with Crippen LogP contribution in [-0.2, 0) is 4.79 Å². The molecule has 4 heteroatoms. The highest BCUT2D eigenvalue weighted by Crippen LogP contribution is 2.19. The molecular weight excluding hydrogens is 238 g/mol. The Labute approximate surface area is 87.0 Å². The molecule has 0 saturated heterocycles. The SMILES string of the molecule is CSC(C)(C)CNC(=O)C(C)Br. The second-order valence-corrected chi connectivity index (χ2v) is 6.18. The number of amides is 1. The molecule has 0 bridgehead atoms. The first-order valence-electron chi connectivity index (χ1n) is 3.86. The van der Waals surface area contributed by atoms with Crippen molar-refractivity contribution in [3.05, 3.63) is 0 Å². The molecule has 0 aromatic carbocycles. The molecule has 12 heavy (non-hydrogen) atoms. The van der Waals surface area contributed by atoms with Crippen LogP contribution in [0.4, 0.5) is 0 Å². The Balaban J connectivity index is 3.76. The Morgan fingerprint density at radius 2 is 2.17 bits per heavy atom. The van der Waals surface area contributed by atoms with Crippen LogP contribution < -0.4 is 5.32 Å². The quantitative estimate of drug-likeness (QED) is 0.778. The van der Waals surface area contributed by atoms with Gasteiger partial charge in [0.05, 0.1) is 4.83 Å². The van der Waals surface area contributed by atoms with Crippen molar-refractivity contribution in [2.75, 3.05) is 12.8 Å². The molecule has 2 nitrogen and oxygen atoms in total. The molecule has 1 amide bonds. The van der Waals surface area contributed by atoms with E-state index >= 15 is 0 Å². The van der Waals surface area contributed by atoms with Crippen LogP contribution in [0, 0.1) is 0 Å². The molecule has 0 saturated carbocycles. The van der Waals surface area contributed by atoms with Gasteiger partial charge in [-0.15, -0.1) is 0 Å². The Morgan fingerprint density at radius 1 is 1.67 bits per heavy atom. The van der Waals surface area contributed by atoms with Gasteiger partial charge in [-0.2, -0.15) is 11.8 Å².